The second-order valence-electron chi connectivity index (χ2n) is 4.90. The van der Waals surface area contributed by atoms with Crippen LogP contribution in [0.1, 0.15) is 25.7 Å². The zero-order chi connectivity index (χ0) is 15.2. The third kappa shape index (κ3) is 6.20. The highest BCUT2D eigenvalue weighted by atomic mass is 32.2. The molecular weight excluding hydrogens is 286 g/mol. The minimum atomic E-state index is -3.27. The molecule has 0 aliphatic heterocycles. The molecule has 1 saturated carbocycles. The predicted octanol–water partition coefficient (Wildman–Crippen LogP) is -0.522. The van der Waals surface area contributed by atoms with E-state index >= 15 is 0 Å². The molecule has 2 amide bonds. The minimum absolute atomic E-state index is 0.0965. The third-order valence-electron chi connectivity index (χ3n) is 3.17. The average molecular weight is 307 g/mol. The maximum absolute atomic E-state index is 11.6. The van der Waals surface area contributed by atoms with Gasteiger partial charge in [0.25, 0.3) is 0 Å². The molecule has 1 fully saturated rings. The predicted molar refractivity (Wildman–Crippen MR) is 72.8 cm³/mol. The summed E-state index contributed by atoms with van der Waals surface area (Å²) in [5, 5.41) is 14.2. The van der Waals surface area contributed by atoms with Gasteiger partial charge in [0.15, 0.2) is 0 Å². The lowest BCUT2D eigenvalue weighted by molar-refractivity contribution is -0.143. The second kappa shape index (κ2) is 7.44. The Labute approximate surface area is 118 Å². The van der Waals surface area contributed by atoms with Gasteiger partial charge in [-0.1, -0.05) is 12.8 Å². The van der Waals surface area contributed by atoms with Crippen LogP contribution in [-0.2, 0) is 14.8 Å². The number of carboxylic acids is 1. The maximum atomic E-state index is 11.6. The van der Waals surface area contributed by atoms with E-state index in [1.165, 1.54) is 0 Å². The monoisotopic (exact) mass is 307 g/mol. The molecule has 4 N–H and O–H groups in total. The van der Waals surface area contributed by atoms with Crippen molar-refractivity contribution in [3.05, 3.63) is 0 Å². The van der Waals surface area contributed by atoms with Crippen LogP contribution in [0.4, 0.5) is 4.79 Å². The van der Waals surface area contributed by atoms with E-state index in [9.17, 15) is 18.0 Å². The lowest BCUT2D eigenvalue weighted by Crippen LogP contribution is -2.49. The standard InChI is InChI=1S/C11H21N3O5S/c1-20(18,19)13-7-6-12-11(17)14-9-5-3-2-4-8(9)10(15)16/h8-9,13H,2-7H2,1H3,(H,15,16)(H2,12,14,17). The molecule has 2 atom stereocenters. The number of amides is 2. The number of carbonyl (C=O) groups is 2. The van der Waals surface area contributed by atoms with Gasteiger partial charge < -0.3 is 15.7 Å². The quantitative estimate of drug-likeness (QED) is 0.491. The van der Waals surface area contributed by atoms with Gasteiger partial charge in [-0.2, -0.15) is 0 Å². The molecule has 0 spiro atoms. The molecule has 2 unspecified atom stereocenters. The summed E-state index contributed by atoms with van der Waals surface area (Å²) in [6.07, 6.45) is 3.99. The molecule has 8 nitrogen and oxygen atoms in total. The normalized spacial score (nSPS) is 23.1. The zero-order valence-corrected chi connectivity index (χ0v) is 12.2. The van der Waals surface area contributed by atoms with Gasteiger partial charge in [-0.3, -0.25) is 4.79 Å². The Morgan fingerprint density at radius 1 is 1.20 bits per heavy atom. The van der Waals surface area contributed by atoms with E-state index in [1.807, 2.05) is 0 Å². The molecule has 0 aromatic heterocycles. The molecule has 0 saturated heterocycles. The van der Waals surface area contributed by atoms with E-state index in [0.29, 0.717) is 12.8 Å². The van der Waals surface area contributed by atoms with Gasteiger partial charge in [0, 0.05) is 19.1 Å². The van der Waals surface area contributed by atoms with Crippen LogP contribution in [-0.4, -0.2) is 50.9 Å². The zero-order valence-electron chi connectivity index (χ0n) is 11.4. The number of rotatable bonds is 6. The molecule has 0 heterocycles. The molecule has 9 heteroatoms. The Bertz CT molecular complexity index is 451. The van der Waals surface area contributed by atoms with Crippen molar-refractivity contribution in [2.45, 2.75) is 31.7 Å². The smallest absolute Gasteiger partial charge is 0.315 e. The van der Waals surface area contributed by atoms with E-state index in [1.54, 1.807) is 0 Å². The molecule has 116 valence electrons. The first-order valence-electron chi connectivity index (χ1n) is 6.51. The molecule has 0 aromatic carbocycles. The Balaban J connectivity index is 2.32. The topological polar surface area (TPSA) is 125 Å². The van der Waals surface area contributed by atoms with Crippen molar-refractivity contribution in [2.24, 2.45) is 5.92 Å². The van der Waals surface area contributed by atoms with Crippen LogP contribution in [0.5, 0.6) is 0 Å². The van der Waals surface area contributed by atoms with E-state index in [4.69, 9.17) is 5.11 Å². The largest absolute Gasteiger partial charge is 0.481 e. The second-order valence-corrected chi connectivity index (χ2v) is 6.74. The van der Waals surface area contributed by atoms with Crippen molar-refractivity contribution >= 4 is 22.0 Å². The lowest BCUT2D eigenvalue weighted by Gasteiger charge is -2.29. The number of urea groups is 1. The first kappa shape index (κ1) is 16.7. The summed E-state index contributed by atoms with van der Waals surface area (Å²) in [5.74, 6) is -1.45. The highest BCUT2D eigenvalue weighted by Crippen LogP contribution is 2.24. The van der Waals surface area contributed by atoms with Crippen LogP contribution in [0, 0.1) is 5.92 Å². The molecule has 20 heavy (non-hydrogen) atoms. The number of carbonyl (C=O) groups excluding carboxylic acids is 1. The van der Waals surface area contributed by atoms with Gasteiger partial charge in [-0.05, 0) is 12.8 Å². The molecule has 1 aliphatic carbocycles. The van der Waals surface area contributed by atoms with Gasteiger partial charge in [0.05, 0.1) is 12.2 Å². The fourth-order valence-corrected chi connectivity index (χ4v) is 2.70. The van der Waals surface area contributed by atoms with Gasteiger partial charge in [0.2, 0.25) is 10.0 Å². The SMILES string of the molecule is CS(=O)(=O)NCCNC(=O)NC1CCCCC1C(=O)O. The summed E-state index contributed by atoms with van der Waals surface area (Å²) in [5.41, 5.74) is 0. The first-order valence-corrected chi connectivity index (χ1v) is 8.40. The van der Waals surface area contributed by atoms with E-state index in [2.05, 4.69) is 15.4 Å². The first-order chi connectivity index (χ1) is 9.29. The number of aliphatic carboxylic acids is 1. The summed E-state index contributed by atoms with van der Waals surface area (Å²) in [6.45, 7) is 0.239. The van der Waals surface area contributed by atoms with E-state index in [0.717, 1.165) is 19.1 Å². The molecule has 1 aliphatic rings. The maximum Gasteiger partial charge on any atom is 0.315 e. The van der Waals surface area contributed by atoms with Crippen molar-refractivity contribution in [1.29, 1.82) is 0 Å². The van der Waals surface area contributed by atoms with Gasteiger partial charge in [0.1, 0.15) is 0 Å². The Morgan fingerprint density at radius 3 is 2.45 bits per heavy atom. The van der Waals surface area contributed by atoms with Crippen molar-refractivity contribution < 1.29 is 23.1 Å². The number of carboxylic acid groups (broad SMARTS) is 1. The minimum Gasteiger partial charge on any atom is -0.481 e. The van der Waals surface area contributed by atoms with Crippen LogP contribution in [0.3, 0.4) is 0 Å². The Kier molecular flexibility index (Phi) is 6.21. The van der Waals surface area contributed by atoms with Crippen LogP contribution >= 0.6 is 0 Å². The van der Waals surface area contributed by atoms with E-state index < -0.39 is 27.9 Å². The summed E-state index contributed by atoms with van der Waals surface area (Å²) in [7, 11) is -3.27. The van der Waals surface area contributed by atoms with Crippen LogP contribution in [0.25, 0.3) is 0 Å². The van der Waals surface area contributed by atoms with Crippen LogP contribution in [0.2, 0.25) is 0 Å². The van der Waals surface area contributed by atoms with Gasteiger partial charge >= 0.3 is 12.0 Å². The third-order valence-corrected chi connectivity index (χ3v) is 3.90. The van der Waals surface area contributed by atoms with Crippen LogP contribution in [0.15, 0.2) is 0 Å². The summed E-state index contributed by atoms with van der Waals surface area (Å²) < 4.78 is 23.9. The number of hydrogen-bond acceptors (Lipinski definition) is 4. The number of nitrogens with one attached hydrogen (secondary N) is 3. The summed E-state index contributed by atoms with van der Waals surface area (Å²) in [6, 6.07) is -0.845. The highest BCUT2D eigenvalue weighted by Gasteiger charge is 2.31. The molecule has 0 bridgehead atoms. The number of hydrogen-bond donors (Lipinski definition) is 4. The van der Waals surface area contributed by atoms with Crippen molar-refractivity contribution in [2.75, 3.05) is 19.3 Å². The fourth-order valence-electron chi connectivity index (χ4n) is 2.23. The molecule has 0 aromatic rings. The lowest BCUT2D eigenvalue weighted by atomic mass is 9.84. The summed E-state index contributed by atoms with van der Waals surface area (Å²) >= 11 is 0. The highest BCUT2D eigenvalue weighted by molar-refractivity contribution is 7.88. The van der Waals surface area contributed by atoms with Crippen molar-refractivity contribution in [3.8, 4) is 0 Å². The fraction of sp³-hybridized carbons (Fsp3) is 0.818. The molecular formula is C11H21N3O5S. The van der Waals surface area contributed by atoms with Gasteiger partial charge in [-0.25, -0.2) is 17.9 Å². The number of sulfonamides is 1. The van der Waals surface area contributed by atoms with Crippen LogP contribution < -0.4 is 15.4 Å². The summed E-state index contributed by atoms with van der Waals surface area (Å²) in [4.78, 5) is 22.7. The van der Waals surface area contributed by atoms with Crippen molar-refractivity contribution in [1.82, 2.24) is 15.4 Å². The average Bonchev–Trinajstić information content (AvgIpc) is 2.34. The van der Waals surface area contributed by atoms with E-state index in [-0.39, 0.29) is 19.1 Å². The van der Waals surface area contributed by atoms with Gasteiger partial charge in [-0.15, -0.1) is 0 Å². The molecule has 0 radical (unpaired) electrons. The Hall–Kier alpha value is -1.35. The van der Waals surface area contributed by atoms with Crippen molar-refractivity contribution in [3.63, 3.8) is 0 Å². The molecule has 1 rings (SSSR count). The Morgan fingerprint density at radius 2 is 1.85 bits per heavy atom.